The van der Waals surface area contributed by atoms with Crippen molar-refractivity contribution in [2.24, 2.45) is 0 Å². The van der Waals surface area contributed by atoms with Crippen molar-refractivity contribution in [2.45, 2.75) is 26.4 Å². The maximum Gasteiger partial charge on any atom is 0.312 e. The molecule has 1 atom stereocenters. The first-order valence-corrected chi connectivity index (χ1v) is 8.85. The molecule has 0 fully saturated rings. The van der Waals surface area contributed by atoms with Crippen LogP contribution >= 0.6 is 11.3 Å². The van der Waals surface area contributed by atoms with Crippen LogP contribution < -0.4 is 5.32 Å². The number of methoxy groups -OCH3 is 1. The maximum atomic E-state index is 12.0. The third-order valence-corrected chi connectivity index (χ3v) is 4.40. The highest BCUT2D eigenvalue weighted by Gasteiger charge is 2.18. The molecule has 0 unspecified atom stereocenters. The molecule has 0 bridgehead atoms. The van der Waals surface area contributed by atoms with E-state index in [0.29, 0.717) is 18.8 Å². The first kappa shape index (κ1) is 19.1. The summed E-state index contributed by atoms with van der Waals surface area (Å²) < 4.78 is 10.00. The van der Waals surface area contributed by atoms with E-state index in [0.717, 1.165) is 10.6 Å². The van der Waals surface area contributed by atoms with E-state index in [4.69, 9.17) is 9.47 Å². The SMILES string of the molecule is COCCNC(=O)[C@H](C)OC(=O)Cc1csc(-c2ccc(C)cc2)n1. The van der Waals surface area contributed by atoms with Gasteiger partial charge in [-0.2, -0.15) is 0 Å². The summed E-state index contributed by atoms with van der Waals surface area (Å²) in [5, 5.41) is 5.32. The predicted octanol–water partition coefficient (Wildman–Crippen LogP) is 2.36. The largest absolute Gasteiger partial charge is 0.452 e. The fourth-order valence-corrected chi connectivity index (χ4v) is 2.90. The number of carbonyl (C=O) groups is 2. The Labute approximate surface area is 151 Å². The number of thiazole rings is 1. The lowest BCUT2D eigenvalue weighted by Crippen LogP contribution is -2.37. The van der Waals surface area contributed by atoms with Crippen LogP contribution in [-0.4, -0.2) is 43.2 Å². The van der Waals surface area contributed by atoms with Gasteiger partial charge < -0.3 is 14.8 Å². The third-order valence-electron chi connectivity index (χ3n) is 3.46. The van der Waals surface area contributed by atoms with Crippen molar-refractivity contribution in [3.8, 4) is 10.6 Å². The number of hydrogen-bond donors (Lipinski definition) is 1. The number of aromatic nitrogens is 1. The van der Waals surface area contributed by atoms with Gasteiger partial charge in [0.2, 0.25) is 0 Å². The van der Waals surface area contributed by atoms with E-state index >= 15 is 0 Å². The van der Waals surface area contributed by atoms with Crippen molar-refractivity contribution in [2.75, 3.05) is 20.3 Å². The topological polar surface area (TPSA) is 77.5 Å². The Morgan fingerprint density at radius 3 is 2.68 bits per heavy atom. The molecule has 1 aromatic heterocycles. The van der Waals surface area contributed by atoms with Gasteiger partial charge in [0.05, 0.1) is 18.7 Å². The van der Waals surface area contributed by atoms with Crippen LogP contribution in [0, 0.1) is 6.92 Å². The Balaban J connectivity index is 1.86. The molecule has 0 aliphatic rings. The van der Waals surface area contributed by atoms with E-state index in [1.54, 1.807) is 14.0 Å². The number of nitrogens with zero attached hydrogens (tertiary/aromatic N) is 1. The van der Waals surface area contributed by atoms with E-state index in [9.17, 15) is 9.59 Å². The highest BCUT2D eigenvalue weighted by molar-refractivity contribution is 7.13. The van der Waals surface area contributed by atoms with Gasteiger partial charge >= 0.3 is 5.97 Å². The van der Waals surface area contributed by atoms with Crippen molar-refractivity contribution < 1.29 is 19.1 Å². The molecule has 2 aromatic rings. The first-order valence-electron chi connectivity index (χ1n) is 7.97. The molecule has 2 rings (SSSR count). The molecule has 1 N–H and O–H groups in total. The van der Waals surface area contributed by atoms with Gasteiger partial charge in [-0.05, 0) is 13.8 Å². The maximum absolute atomic E-state index is 12.0. The van der Waals surface area contributed by atoms with E-state index in [2.05, 4.69) is 10.3 Å². The second-order valence-corrected chi connectivity index (χ2v) is 6.46. The average molecular weight is 362 g/mol. The number of carbonyl (C=O) groups excluding carboxylic acids is 2. The van der Waals surface area contributed by atoms with Crippen LogP contribution in [0.25, 0.3) is 10.6 Å². The number of amides is 1. The lowest BCUT2D eigenvalue weighted by atomic mass is 10.2. The Morgan fingerprint density at radius 1 is 1.28 bits per heavy atom. The molecular formula is C18H22N2O4S. The van der Waals surface area contributed by atoms with Crippen LogP contribution in [0.3, 0.4) is 0 Å². The summed E-state index contributed by atoms with van der Waals surface area (Å²) in [6.07, 6.45) is -0.808. The van der Waals surface area contributed by atoms with Gasteiger partial charge in [-0.1, -0.05) is 29.8 Å². The van der Waals surface area contributed by atoms with Crippen molar-refractivity contribution >= 4 is 23.2 Å². The summed E-state index contributed by atoms with van der Waals surface area (Å²) in [7, 11) is 1.55. The molecule has 134 valence electrons. The molecule has 0 aliphatic carbocycles. The van der Waals surface area contributed by atoms with Gasteiger partial charge in [-0.3, -0.25) is 9.59 Å². The number of aryl methyl sites for hydroxylation is 1. The lowest BCUT2D eigenvalue weighted by molar-refractivity contribution is -0.154. The zero-order valence-electron chi connectivity index (χ0n) is 14.6. The van der Waals surface area contributed by atoms with Gasteiger partial charge in [-0.25, -0.2) is 4.98 Å². The molecule has 1 heterocycles. The molecule has 1 aromatic carbocycles. The van der Waals surface area contributed by atoms with Gasteiger partial charge in [-0.15, -0.1) is 11.3 Å². The minimum atomic E-state index is -0.848. The van der Waals surface area contributed by atoms with Crippen molar-refractivity contribution in [3.63, 3.8) is 0 Å². The molecule has 7 heteroatoms. The first-order chi connectivity index (χ1) is 12.0. The van der Waals surface area contributed by atoms with Crippen molar-refractivity contribution in [1.29, 1.82) is 0 Å². The minimum Gasteiger partial charge on any atom is -0.452 e. The summed E-state index contributed by atoms with van der Waals surface area (Å²) in [5.74, 6) is -0.820. The summed E-state index contributed by atoms with van der Waals surface area (Å²) in [6.45, 7) is 4.36. The normalized spacial score (nSPS) is 11.8. The fraction of sp³-hybridized carbons (Fsp3) is 0.389. The number of hydrogen-bond acceptors (Lipinski definition) is 6. The Kier molecular flexibility index (Phi) is 7.09. The van der Waals surface area contributed by atoms with Crippen LogP contribution in [0.2, 0.25) is 0 Å². The molecule has 6 nitrogen and oxygen atoms in total. The number of benzene rings is 1. The second-order valence-electron chi connectivity index (χ2n) is 5.60. The van der Waals surface area contributed by atoms with Crippen LogP contribution in [0.15, 0.2) is 29.6 Å². The molecule has 1 amide bonds. The highest BCUT2D eigenvalue weighted by atomic mass is 32.1. The molecular weight excluding hydrogens is 340 g/mol. The number of nitrogens with one attached hydrogen (secondary N) is 1. The lowest BCUT2D eigenvalue weighted by Gasteiger charge is -2.12. The average Bonchev–Trinajstić information content (AvgIpc) is 3.03. The molecule has 0 radical (unpaired) electrons. The summed E-state index contributed by atoms with van der Waals surface area (Å²) in [4.78, 5) is 28.2. The highest BCUT2D eigenvalue weighted by Crippen LogP contribution is 2.24. The Bertz CT molecular complexity index is 712. The zero-order valence-corrected chi connectivity index (χ0v) is 15.4. The van der Waals surface area contributed by atoms with Gasteiger partial charge in [0.1, 0.15) is 5.01 Å². The van der Waals surface area contributed by atoms with E-state index in [-0.39, 0.29) is 12.3 Å². The summed E-state index contributed by atoms with van der Waals surface area (Å²) in [5.41, 5.74) is 2.83. The summed E-state index contributed by atoms with van der Waals surface area (Å²) in [6, 6.07) is 8.05. The smallest absolute Gasteiger partial charge is 0.312 e. The van der Waals surface area contributed by atoms with Crippen LogP contribution in [0.4, 0.5) is 0 Å². The molecule has 0 aliphatic heterocycles. The third kappa shape index (κ3) is 5.95. The van der Waals surface area contributed by atoms with Gasteiger partial charge in [0, 0.05) is 24.6 Å². The van der Waals surface area contributed by atoms with Crippen LogP contribution in [0.1, 0.15) is 18.2 Å². The Morgan fingerprint density at radius 2 is 2.00 bits per heavy atom. The van der Waals surface area contributed by atoms with E-state index in [1.807, 2.05) is 36.6 Å². The number of rotatable bonds is 8. The number of esters is 1. The van der Waals surface area contributed by atoms with Crippen LogP contribution in [-0.2, 0) is 25.5 Å². The monoisotopic (exact) mass is 362 g/mol. The minimum absolute atomic E-state index is 0.0397. The van der Waals surface area contributed by atoms with Gasteiger partial charge in [0.15, 0.2) is 6.10 Å². The van der Waals surface area contributed by atoms with Gasteiger partial charge in [0.25, 0.3) is 5.91 Å². The standard InChI is InChI=1S/C18H22N2O4S/c1-12-4-6-14(7-5-12)18-20-15(11-25-18)10-16(21)24-13(2)17(22)19-8-9-23-3/h4-7,11,13H,8-10H2,1-3H3,(H,19,22)/t13-/m0/s1. The predicted molar refractivity (Wildman–Crippen MR) is 96.4 cm³/mol. The molecule has 25 heavy (non-hydrogen) atoms. The van der Waals surface area contributed by atoms with Crippen LogP contribution in [0.5, 0.6) is 0 Å². The molecule has 0 spiro atoms. The fourth-order valence-electron chi connectivity index (χ4n) is 2.08. The van der Waals surface area contributed by atoms with Crippen molar-refractivity contribution in [1.82, 2.24) is 10.3 Å². The molecule has 0 saturated carbocycles. The number of ether oxygens (including phenoxy) is 2. The molecule has 0 saturated heterocycles. The summed E-state index contributed by atoms with van der Waals surface area (Å²) >= 11 is 1.48. The zero-order chi connectivity index (χ0) is 18.2. The van der Waals surface area contributed by atoms with E-state index in [1.165, 1.54) is 16.9 Å². The second kappa shape index (κ2) is 9.29. The van der Waals surface area contributed by atoms with Crippen molar-refractivity contribution in [3.05, 3.63) is 40.9 Å². The Hall–Kier alpha value is -2.25. The quantitative estimate of drug-likeness (QED) is 0.576. The van der Waals surface area contributed by atoms with E-state index < -0.39 is 12.1 Å².